The fourth-order valence-corrected chi connectivity index (χ4v) is 2.46. The molecule has 0 aliphatic heterocycles. The first-order valence-electron chi connectivity index (χ1n) is 6.23. The van der Waals surface area contributed by atoms with E-state index in [2.05, 4.69) is 5.32 Å². The van der Waals surface area contributed by atoms with E-state index in [1.807, 2.05) is 0 Å². The van der Waals surface area contributed by atoms with Gasteiger partial charge in [-0.2, -0.15) is 0 Å². The van der Waals surface area contributed by atoms with Crippen LogP contribution in [0.1, 0.15) is 38.5 Å². The second kappa shape index (κ2) is 7.20. The van der Waals surface area contributed by atoms with Crippen molar-refractivity contribution < 1.29 is 4.74 Å². The molecule has 3 N–H and O–H groups in total. The van der Waals surface area contributed by atoms with Gasteiger partial charge in [0.25, 0.3) is 0 Å². The summed E-state index contributed by atoms with van der Waals surface area (Å²) in [5, 5.41) is 3.47. The molecule has 0 bridgehead atoms. The standard InChI is InChI=1S/C12H26N2O/c1-15-9-8-14-11-12(10-13)6-4-2-3-5-7-12/h14H,2-11,13H2,1H3. The van der Waals surface area contributed by atoms with E-state index in [1.54, 1.807) is 7.11 Å². The van der Waals surface area contributed by atoms with Crippen LogP contribution in [0, 0.1) is 5.41 Å². The van der Waals surface area contributed by atoms with Gasteiger partial charge in [-0.15, -0.1) is 0 Å². The molecule has 0 saturated heterocycles. The van der Waals surface area contributed by atoms with Gasteiger partial charge in [-0.3, -0.25) is 0 Å². The van der Waals surface area contributed by atoms with Gasteiger partial charge in [0.05, 0.1) is 6.61 Å². The van der Waals surface area contributed by atoms with E-state index in [4.69, 9.17) is 10.5 Å². The Morgan fingerprint density at radius 2 is 1.87 bits per heavy atom. The highest BCUT2D eigenvalue weighted by Crippen LogP contribution is 2.33. The number of nitrogens with two attached hydrogens (primary N) is 1. The molecule has 0 atom stereocenters. The van der Waals surface area contributed by atoms with Gasteiger partial charge in [0, 0.05) is 20.2 Å². The smallest absolute Gasteiger partial charge is 0.0587 e. The van der Waals surface area contributed by atoms with Gasteiger partial charge in [0.1, 0.15) is 0 Å². The molecule has 1 fully saturated rings. The van der Waals surface area contributed by atoms with Crippen molar-refractivity contribution in [2.24, 2.45) is 11.1 Å². The van der Waals surface area contributed by atoms with Crippen LogP contribution in [-0.4, -0.2) is 33.4 Å². The number of methoxy groups -OCH3 is 1. The summed E-state index contributed by atoms with van der Waals surface area (Å²) >= 11 is 0. The zero-order chi connectivity index (χ0) is 11.0. The zero-order valence-corrected chi connectivity index (χ0v) is 10.1. The normalized spacial score (nSPS) is 21.2. The van der Waals surface area contributed by atoms with Crippen LogP contribution < -0.4 is 11.1 Å². The van der Waals surface area contributed by atoms with Gasteiger partial charge < -0.3 is 15.8 Å². The topological polar surface area (TPSA) is 47.3 Å². The van der Waals surface area contributed by atoms with E-state index in [1.165, 1.54) is 38.5 Å². The fourth-order valence-electron chi connectivity index (χ4n) is 2.46. The van der Waals surface area contributed by atoms with Crippen molar-refractivity contribution in [3.05, 3.63) is 0 Å². The number of rotatable bonds is 6. The second-order valence-corrected chi connectivity index (χ2v) is 4.79. The SMILES string of the molecule is COCCNCC1(CN)CCCCCC1. The summed E-state index contributed by atoms with van der Waals surface area (Å²) in [6.07, 6.45) is 8.07. The molecule has 0 amide bonds. The highest BCUT2D eigenvalue weighted by molar-refractivity contribution is 4.84. The molecule has 1 aliphatic carbocycles. The summed E-state index contributed by atoms with van der Waals surface area (Å²) in [5.41, 5.74) is 6.32. The van der Waals surface area contributed by atoms with Crippen molar-refractivity contribution in [2.45, 2.75) is 38.5 Å². The lowest BCUT2D eigenvalue weighted by Gasteiger charge is -2.31. The molecule has 15 heavy (non-hydrogen) atoms. The molecule has 0 heterocycles. The molecule has 1 saturated carbocycles. The Bertz CT molecular complexity index is 154. The van der Waals surface area contributed by atoms with Gasteiger partial charge in [-0.25, -0.2) is 0 Å². The Labute approximate surface area is 93.8 Å². The molecule has 90 valence electrons. The molecular formula is C12H26N2O. The predicted molar refractivity (Wildman–Crippen MR) is 63.9 cm³/mol. The summed E-state index contributed by atoms with van der Waals surface area (Å²) < 4.78 is 5.03. The van der Waals surface area contributed by atoms with Crippen molar-refractivity contribution >= 4 is 0 Å². The molecule has 0 aromatic carbocycles. The lowest BCUT2D eigenvalue weighted by molar-refractivity contribution is 0.185. The van der Waals surface area contributed by atoms with E-state index in [0.717, 1.165) is 26.2 Å². The van der Waals surface area contributed by atoms with E-state index in [-0.39, 0.29) is 0 Å². The molecule has 0 spiro atoms. The lowest BCUT2D eigenvalue weighted by Crippen LogP contribution is -2.41. The van der Waals surface area contributed by atoms with Crippen LogP contribution in [0.3, 0.4) is 0 Å². The monoisotopic (exact) mass is 214 g/mol. The molecule has 1 aliphatic rings. The largest absolute Gasteiger partial charge is 0.383 e. The highest BCUT2D eigenvalue weighted by Gasteiger charge is 2.28. The van der Waals surface area contributed by atoms with E-state index < -0.39 is 0 Å². The minimum Gasteiger partial charge on any atom is -0.383 e. The molecular weight excluding hydrogens is 188 g/mol. The lowest BCUT2D eigenvalue weighted by atomic mass is 9.80. The van der Waals surface area contributed by atoms with Crippen LogP contribution in [0.25, 0.3) is 0 Å². The Balaban J connectivity index is 2.29. The maximum absolute atomic E-state index is 5.95. The molecule has 1 rings (SSSR count). The summed E-state index contributed by atoms with van der Waals surface area (Å²) in [6.45, 7) is 3.62. The van der Waals surface area contributed by atoms with Crippen molar-refractivity contribution in [1.29, 1.82) is 0 Å². The molecule has 0 unspecified atom stereocenters. The first-order valence-corrected chi connectivity index (χ1v) is 6.23. The van der Waals surface area contributed by atoms with Crippen LogP contribution in [0.4, 0.5) is 0 Å². The average molecular weight is 214 g/mol. The van der Waals surface area contributed by atoms with Crippen molar-refractivity contribution in [2.75, 3.05) is 33.4 Å². The zero-order valence-electron chi connectivity index (χ0n) is 10.1. The van der Waals surface area contributed by atoms with Crippen LogP contribution in [-0.2, 0) is 4.74 Å². The maximum Gasteiger partial charge on any atom is 0.0587 e. The number of ether oxygens (including phenoxy) is 1. The minimum absolute atomic E-state index is 0.365. The second-order valence-electron chi connectivity index (χ2n) is 4.79. The number of hydrogen-bond acceptors (Lipinski definition) is 3. The first-order chi connectivity index (χ1) is 7.33. The third-order valence-electron chi connectivity index (χ3n) is 3.58. The van der Waals surface area contributed by atoms with Gasteiger partial charge in [0.2, 0.25) is 0 Å². The van der Waals surface area contributed by atoms with Gasteiger partial charge in [-0.05, 0) is 24.8 Å². The predicted octanol–water partition coefficient (Wildman–Crippen LogP) is 1.52. The Kier molecular flexibility index (Phi) is 6.22. The summed E-state index contributed by atoms with van der Waals surface area (Å²) in [6, 6.07) is 0. The first kappa shape index (κ1) is 12.9. The van der Waals surface area contributed by atoms with Crippen LogP contribution in [0.2, 0.25) is 0 Å². The summed E-state index contributed by atoms with van der Waals surface area (Å²) in [4.78, 5) is 0. The molecule has 3 nitrogen and oxygen atoms in total. The van der Waals surface area contributed by atoms with E-state index >= 15 is 0 Å². The van der Waals surface area contributed by atoms with Crippen molar-refractivity contribution in [3.8, 4) is 0 Å². The molecule has 0 radical (unpaired) electrons. The highest BCUT2D eigenvalue weighted by atomic mass is 16.5. The Morgan fingerprint density at radius 3 is 2.40 bits per heavy atom. The Hall–Kier alpha value is -0.120. The molecule has 3 heteroatoms. The third kappa shape index (κ3) is 4.49. The summed E-state index contributed by atoms with van der Waals surface area (Å²) in [5.74, 6) is 0. The quantitative estimate of drug-likeness (QED) is 0.520. The average Bonchev–Trinajstić information content (AvgIpc) is 2.51. The minimum atomic E-state index is 0.365. The van der Waals surface area contributed by atoms with Crippen molar-refractivity contribution in [1.82, 2.24) is 5.32 Å². The van der Waals surface area contributed by atoms with Crippen LogP contribution in [0.5, 0.6) is 0 Å². The van der Waals surface area contributed by atoms with Crippen molar-refractivity contribution in [3.63, 3.8) is 0 Å². The van der Waals surface area contributed by atoms with Gasteiger partial charge in [-0.1, -0.05) is 25.7 Å². The van der Waals surface area contributed by atoms with Crippen LogP contribution >= 0.6 is 0 Å². The van der Waals surface area contributed by atoms with Crippen LogP contribution in [0.15, 0.2) is 0 Å². The van der Waals surface area contributed by atoms with Gasteiger partial charge >= 0.3 is 0 Å². The Morgan fingerprint density at radius 1 is 1.20 bits per heavy atom. The van der Waals surface area contributed by atoms with E-state index in [9.17, 15) is 0 Å². The number of nitrogens with one attached hydrogen (secondary N) is 1. The fraction of sp³-hybridized carbons (Fsp3) is 1.00. The van der Waals surface area contributed by atoms with Gasteiger partial charge in [0.15, 0.2) is 0 Å². The maximum atomic E-state index is 5.95. The summed E-state index contributed by atoms with van der Waals surface area (Å²) in [7, 11) is 1.74. The van der Waals surface area contributed by atoms with E-state index in [0.29, 0.717) is 5.41 Å². The number of hydrogen-bond donors (Lipinski definition) is 2. The third-order valence-corrected chi connectivity index (χ3v) is 3.58. The molecule has 0 aromatic heterocycles. The molecule has 0 aromatic rings.